The van der Waals surface area contributed by atoms with E-state index in [-0.39, 0.29) is 5.13 Å². The molecular weight excluding hydrogens is 339 g/mol. The van der Waals surface area contributed by atoms with Gasteiger partial charge in [-0.05, 0) is 11.1 Å². The minimum absolute atomic E-state index is 0.279. The molecule has 8 heteroatoms. The molecule has 4 nitrogen and oxygen atoms in total. The molecule has 2 aromatic rings. The van der Waals surface area contributed by atoms with E-state index < -0.39 is 11.1 Å². The fraction of sp³-hybridized carbons (Fsp3) is 0.438. The summed E-state index contributed by atoms with van der Waals surface area (Å²) in [6.45, 7) is 4.65. The number of halogens is 3. The van der Waals surface area contributed by atoms with Crippen molar-refractivity contribution < 1.29 is 17.9 Å². The lowest BCUT2D eigenvalue weighted by Gasteiger charge is -2.26. The van der Waals surface area contributed by atoms with Crippen LogP contribution in [0.3, 0.4) is 0 Å². The Balaban J connectivity index is 1.57. The molecular formula is C16H18F3N3OS. The van der Waals surface area contributed by atoms with Crippen LogP contribution in [0, 0.1) is 0 Å². The SMILES string of the molecule is FC(F)(F)c1cnc(NCc2cccc(CN3CCOCC3)c2)s1. The van der Waals surface area contributed by atoms with Crippen molar-refractivity contribution in [2.45, 2.75) is 19.3 Å². The Labute approximate surface area is 142 Å². The number of nitrogens with zero attached hydrogens (tertiary/aromatic N) is 2. The van der Waals surface area contributed by atoms with Crippen LogP contribution in [-0.2, 0) is 24.0 Å². The molecule has 0 unspecified atom stereocenters. The molecule has 1 N–H and O–H groups in total. The van der Waals surface area contributed by atoms with Gasteiger partial charge in [0.25, 0.3) is 0 Å². The molecule has 2 heterocycles. The van der Waals surface area contributed by atoms with Crippen LogP contribution in [0.25, 0.3) is 0 Å². The topological polar surface area (TPSA) is 37.4 Å². The first-order valence-electron chi connectivity index (χ1n) is 7.65. The number of anilines is 1. The largest absolute Gasteiger partial charge is 0.427 e. The summed E-state index contributed by atoms with van der Waals surface area (Å²) >= 11 is 0.622. The van der Waals surface area contributed by atoms with E-state index in [1.54, 1.807) is 0 Å². The highest BCUT2D eigenvalue weighted by Crippen LogP contribution is 2.35. The number of nitrogens with one attached hydrogen (secondary N) is 1. The molecule has 1 aromatic carbocycles. The highest BCUT2D eigenvalue weighted by molar-refractivity contribution is 7.15. The molecule has 1 aromatic heterocycles. The Morgan fingerprint density at radius 1 is 1.21 bits per heavy atom. The average Bonchev–Trinajstić information content (AvgIpc) is 3.04. The number of morpholine rings is 1. The van der Waals surface area contributed by atoms with Gasteiger partial charge in [0.05, 0.1) is 19.4 Å². The maximum absolute atomic E-state index is 12.6. The fourth-order valence-electron chi connectivity index (χ4n) is 2.52. The van der Waals surface area contributed by atoms with E-state index in [2.05, 4.69) is 27.3 Å². The molecule has 1 fully saturated rings. The van der Waals surface area contributed by atoms with Gasteiger partial charge in [-0.25, -0.2) is 4.98 Å². The van der Waals surface area contributed by atoms with Gasteiger partial charge in [-0.15, -0.1) is 0 Å². The second kappa shape index (κ2) is 7.50. The van der Waals surface area contributed by atoms with Gasteiger partial charge in [0, 0.05) is 26.2 Å². The minimum Gasteiger partial charge on any atom is -0.379 e. The third kappa shape index (κ3) is 4.68. The van der Waals surface area contributed by atoms with Crippen molar-refractivity contribution >= 4 is 16.5 Å². The summed E-state index contributed by atoms with van der Waals surface area (Å²) in [5.41, 5.74) is 2.20. The van der Waals surface area contributed by atoms with E-state index in [1.165, 1.54) is 5.56 Å². The highest BCUT2D eigenvalue weighted by atomic mass is 32.1. The van der Waals surface area contributed by atoms with Gasteiger partial charge in [0.15, 0.2) is 5.13 Å². The number of ether oxygens (including phenoxy) is 1. The molecule has 130 valence electrons. The van der Waals surface area contributed by atoms with Gasteiger partial charge in [0.1, 0.15) is 4.88 Å². The molecule has 1 aliphatic heterocycles. The lowest BCUT2D eigenvalue weighted by molar-refractivity contribution is -0.134. The molecule has 0 radical (unpaired) electrons. The van der Waals surface area contributed by atoms with Crippen LogP contribution in [0.4, 0.5) is 18.3 Å². The van der Waals surface area contributed by atoms with Crippen molar-refractivity contribution in [1.82, 2.24) is 9.88 Å². The van der Waals surface area contributed by atoms with E-state index in [0.29, 0.717) is 17.9 Å². The van der Waals surface area contributed by atoms with Gasteiger partial charge < -0.3 is 10.1 Å². The van der Waals surface area contributed by atoms with Crippen LogP contribution in [0.2, 0.25) is 0 Å². The number of thiazole rings is 1. The minimum atomic E-state index is -4.34. The van der Waals surface area contributed by atoms with Crippen molar-refractivity contribution in [2.24, 2.45) is 0 Å². The van der Waals surface area contributed by atoms with Gasteiger partial charge in [0.2, 0.25) is 0 Å². The summed E-state index contributed by atoms with van der Waals surface area (Å²) in [5, 5.41) is 3.24. The molecule has 1 aliphatic rings. The van der Waals surface area contributed by atoms with Crippen molar-refractivity contribution in [3.8, 4) is 0 Å². The summed E-state index contributed by atoms with van der Waals surface area (Å²) in [5.74, 6) is 0. The molecule has 0 amide bonds. The first-order chi connectivity index (χ1) is 11.5. The van der Waals surface area contributed by atoms with Crippen molar-refractivity contribution in [3.05, 3.63) is 46.5 Å². The molecule has 3 rings (SSSR count). The van der Waals surface area contributed by atoms with Crippen LogP contribution < -0.4 is 5.32 Å². The highest BCUT2D eigenvalue weighted by Gasteiger charge is 2.33. The molecule has 24 heavy (non-hydrogen) atoms. The quantitative estimate of drug-likeness (QED) is 0.887. The van der Waals surface area contributed by atoms with Gasteiger partial charge in [-0.1, -0.05) is 35.6 Å². The van der Waals surface area contributed by atoms with Crippen LogP contribution in [0.1, 0.15) is 16.0 Å². The van der Waals surface area contributed by atoms with Crippen molar-refractivity contribution in [3.63, 3.8) is 0 Å². The second-order valence-electron chi connectivity index (χ2n) is 5.59. The maximum atomic E-state index is 12.6. The number of alkyl halides is 3. The Morgan fingerprint density at radius 3 is 2.67 bits per heavy atom. The summed E-state index contributed by atoms with van der Waals surface area (Å²) < 4.78 is 43.0. The number of hydrogen-bond acceptors (Lipinski definition) is 5. The number of hydrogen-bond donors (Lipinski definition) is 1. The van der Waals surface area contributed by atoms with E-state index >= 15 is 0 Å². The summed E-state index contributed by atoms with van der Waals surface area (Å²) in [6, 6.07) is 8.05. The molecule has 0 aliphatic carbocycles. The predicted molar refractivity (Wildman–Crippen MR) is 87.0 cm³/mol. The third-order valence-electron chi connectivity index (χ3n) is 3.73. The van der Waals surface area contributed by atoms with E-state index in [0.717, 1.165) is 44.6 Å². The average molecular weight is 357 g/mol. The number of aromatic nitrogens is 1. The first-order valence-corrected chi connectivity index (χ1v) is 8.47. The molecule has 0 saturated carbocycles. The molecule has 0 spiro atoms. The summed E-state index contributed by atoms with van der Waals surface area (Å²) in [7, 11) is 0. The number of benzene rings is 1. The van der Waals surface area contributed by atoms with E-state index in [1.807, 2.05) is 12.1 Å². The van der Waals surface area contributed by atoms with Crippen LogP contribution in [0.15, 0.2) is 30.5 Å². The monoisotopic (exact) mass is 357 g/mol. The van der Waals surface area contributed by atoms with Gasteiger partial charge in [-0.3, -0.25) is 4.90 Å². The first kappa shape index (κ1) is 17.2. The van der Waals surface area contributed by atoms with E-state index in [9.17, 15) is 13.2 Å². The zero-order chi connectivity index (χ0) is 17.0. The van der Waals surface area contributed by atoms with Crippen LogP contribution in [0.5, 0.6) is 0 Å². The second-order valence-corrected chi connectivity index (χ2v) is 6.62. The summed E-state index contributed by atoms with van der Waals surface area (Å²) in [4.78, 5) is 5.42. The lowest BCUT2D eigenvalue weighted by Crippen LogP contribution is -2.35. The number of rotatable bonds is 5. The van der Waals surface area contributed by atoms with Gasteiger partial charge in [-0.2, -0.15) is 13.2 Å². The molecule has 0 atom stereocenters. The zero-order valence-electron chi connectivity index (χ0n) is 13.0. The smallest absolute Gasteiger partial charge is 0.379 e. The normalized spacial score (nSPS) is 16.3. The predicted octanol–water partition coefficient (Wildman–Crippen LogP) is 3.61. The Hall–Kier alpha value is -1.64. The lowest BCUT2D eigenvalue weighted by atomic mass is 10.1. The van der Waals surface area contributed by atoms with Crippen molar-refractivity contribution in [1.29, 1.82) is 0 Å². The Morgan fingerprint density at radius 2 is 1.96 bits per heavy atom. The molecule has 1 saturated heterocycles. The van der Waals surface area contributed by atoms with Crippen LogP contribution in [-0.4, -0.2) is 36.2 Å². The Kier molecular flexibility index (Phi) is 5.37. The zero-order valence-corrected chi connectivity index (χ0v) is 13.8. The van der Waals surface area contributed by atoms with Crippen LogP contribution >= 0.6 is 11.3 Å². The van der Waals surface area contributed by atoms with E-state index in [4.69, 9.17) is 4.74 Å². The Bertz CT molecular complexity index is 669. The van der Waals surface area contributed by atoms with Gasteiger partial charge >= 0.3 is 6.18 Å². The standard InChI is InChI=1S/C16H18F3N3OS/c17-16(18,19)14-10-21-15(24-14)20-9-12-2-1-3-13(8-12)11-22-4-6-23-7-5-22/h1-3,8,10H,4-7,9,11H2,(H,20,21). The molecule has 0 bridgehead atoms. The third-order valence-corrected chi connectivity index (χ3v) is 4.73. The fourth-order valence-corrected chi connectivity index (χ4v) is 3.20. The summed E-state index contributed by atoms with van der Waals surface area (Å²) in [6.07, 6.45) is -3.47. The maximum Gasteiger partial charge on any atom is 0.427 e. The van der Waals surface area contributed by atoms with Crippen molar-refractivity contribution in [2.75, 3.05) is 31.6 Å².